The van der Waals surface area contributed by atoms with Gasteiger partial charge in [-0.3, -0.25) is 14.6 Å². The zero-order valence-corrected chi connectivity index (χ0v) is 20.7. The quantitative estimate of drug-likeness (QED) is 0.339. The largest absolute Gasteiger partial charge is 0.433 e. The second kappa shape index (κ2) is 11.8. The lowest BCUT2D eigenvalue weighted by molar-refractivity contribution is -0.140. The molecule has 11 heteroatoms. The maximum Gasteiger partial charge on any atom is 0.433 e. The Morgan fingerprint density at radius 2 is 1.81 bits per heavy atom. The second-order valence-electron chi connectivity index (χ2n) is 9.08. The smallest absolute Gasteiger partial charge is 0.382 e. The molecule has 0 unspecified atom stereocenters. The number of fused-ring (bicyclic) bond motifs is 1. The zero-order valence-electron chi connectivity index (χ0n) is 19.9. The molecule has 2 aromatic heterocycles. The van der Waals surface area contributed by atoms with E-state index in [4.69, 9.17) is 11.6 Å². The van der Waals surface area contributed by atoms with Crippen LogP contribution in [0.4, 0.5) is 18.9 Å². The van der Waals surface area contributed by atoms with Gasteiger partial charge in [0.25, 0.3) is 5.91 Å². The van der Waals surface area contributed by atoms with Crippen LogP contribution < -0.4 is 16.0 Å². The van der Waals surface area contributed by atoms with E-state index >= 15 is 0 Å². The van der Waals surface area contributed by atoms with Gasteiger partial charge < -0.3 is 16.0 Å². The van der Waals surface area contributed by atoms with Gasteiger partial charge in [0.2, 0.25) is 5.91 Å². The molecule has 2 amide bonds. The number of carbonyl (C=O) groups is 2. The molecule has 196 valence electrons. The molecule has 4 rings (SSSR count). The Kier molecular flexibility index (Phi) is 8.48. The summed E-state index contributed by atoms with van der Waals surface area (Å²) in [6, 6.07) is 8.95. The minimum absolute atomic E-state index is 0.00454. The van der Waals surface area contributed by atoms with Crippen molar-refractivity contribution in [2.45, 2.75) is 56.8 Å². The maximum atomic E-state index is 13.4. The number of alkyl halides is 3. The van der Waals surface area contributed by atoms with Crippen LogP contribution in [0.2, 0.25) is 5.02 Å². The number of carbonyl (C=O) groups excluding carboxylic acids is 2. The highest BCUT2D eigenvalue weighted by atomic mass is 35.5. The first-order chi connectivity index (χ1) is 17.7. The molecular formula is C26H27ClF3N5O2. The minimum atomic E-state index is -4.56. The fourth-order valence-corrected chi connectivity index (χ4v) is 4.59. The maximum absolute atomic E-state index is 13.4. The molecule has 1 aromatic carbocycles. The van der Waals surface area contributed by atoms with Crippen LogP contribution in [0.25, 0.3) is 10.9 Å². The Bertz CT molecular complexity index is 1250. The number of nitrogens with zero attached hydrogens (tertiary/aromatic N) is 2. The van der Waals surface area contributed by atoms with E-state index in [9.17, 15) is 22.8 Å². The predicted molar refractivity (Wildman–Crippen MR) is 135 cm³/mol. The molecule has 3 N–H and O–H groups in total. The highest BCUT2D eigenvalue weighted by molar-refractivity contribution is 6.31. The van der Waals surface area contributed by atoms with Crippen LogP contribution in [-0.2, 0) is 11.0 Å². The Balaban J connectivity index is 1.24. The van der Waals surface area contributed by atoms with Gasteiger partial charge in [0.1, 0.15) is 5.69 Å². The van der Waals surface area contributed by atoms with E-state index in [1.165, 1.54) is 18.3 Å². The molecule has 0 atom stereocenters. The van der Waals surface area contributed by atoms with E-state index in [0.717, 1.165) is 6.07 Å². The number of benzene rings is 1. The van der Waals surface area contributed by atoms with E-state index in [2.05, 4.69) is 25.9 Å². The van der Waals surface area contributed by atoms with Gasteiger partial charge in [-0.2, -0.15) is 13.2 Å². The van der Waals surface area contributed by atoms with Gasteiger partial charge in [0.05, 0.1) is 11.1 Å². The fraction of sp³-hybridized carbons (Fsp3) is 0.385. The first-order valence-corrected chi connectivity index (χ1v) is 12.5. The molecule has 1 aliphatic carbocycles. The van der Waals surface area contributed by atoms with E-state index in [1.807, 2.05) is 0 Å². The van der Waals surface area contributed by atoms with E-state index in [0.29, 0.717) is 60.3 Å². The summed E-state index contributed by atoms with van der Waals surface area (Å²) in [6.45, 7) is 0.377. The van der Waals surface area contributed by atoms with Gasteiger partial charge in [0, 0.05) is 53.5 Å². The molecule has 37 heavy (non-hydrogen) atoms. The summed E-state index contributed by atoms with van der Waals surface area (Å²) in [4.78, 5) is 32.0. The number of anilines is 1. The molecule has 0 radical (unpaired) electrons. The van der Waals surface area contributed by atoms with Crippen molar-refractivity contribution >= 4 is 40.0 Å². The van der Waals surface area contributed by atoms with Gasteiger partial charge >= 0.3 is 6.18 Å². The molecule has 0 bridgehead atoms. The third kappa shape index (κ3) is 7.31. The molecule has 0 aliphatic heterocycles. The molecule has 3 aromatic rings. The van der Waals surface area contributed by atoms with Crippen LogP contribution in [0.15, 0.2) is 48.8 Å². The Morgan fingerprint density at radius 3 is 2.51 bits per heavy atom. The molecule has 1 aliphatic rings. The van der Waals surface area contributed by atoms with Crippen molar-refractivity contribution in [3.8, 4) is 0 Å². The lowest BCUT2D eigenvalue weighted by Gasteiger charge is -2.30. The SMILES string of the molecule is O=C(CCCNC(=O)c1cccnc1)NC1CCC(Nc2cc(C(F)(F)F)nc3ccc(Cl)cc23)CC1. The summed E-state index contributed by atoms with van der Waals surface area (Å²) in [5.74, 6) is -0.317. The van der Waals surface area contributed by atoms with Crippen LogP contribution in [0.1, 0.15) is 54.6 Å². The summed E-state index contributed by atoms with van der Waals surface area (Å²) in [7, 11) is 0. The van der Waals surface area contributed by atoms with Gasteiger partial charge in [-0.25, -0.2) is 4.98 Å². The Hall–Kier alpha value is -3.40. The van der Waals surface area contributed by atoms with Crippen LogP contribution in [0, 0.1) is 0 Å². The van der Waals surface area contributed by atoms with Gasteiger partial charge in [0.15, 0.2) is 0 Å². The topological polar surface area (TPSA) is 96.0 Å². The van der Waals surface area contributed by atoms with Crippen molar-refractivity contribution in [1.82, 2.24) is 20.6 Å². The molecule has 1 fully saturated rings. The van der Waals surface area contributed by atoms with Gasteiger partial charge in [-0.15, -0.1) is 0 Å². The number of rotatable bonds is 8. The normalized spacial score (nSPS) is 17.8. The summed E-state index contributed by atoms with van der Waals surface area (Å²) >= 11 is 6.08. The van der Waals surface area contributed by atoms with Crippen LogP contribution in [-0.4, -0.2) is 40.4 Å². The van der Waals surface area contributed by atoms with Crippen LogP contribution in [0.5, 0.6) is 0 Å². The third-order valence-electron chi connectivity index (χ3n) is 6.30. The lowest BCUT2D eigenvalue weighted by atomic mass is 9.90. The number of halogens is 4. The van der Waals surface area contributed by atoms with Crippen molar-refractivity contribution < 1.29 is 22.8 Å². The number of hydrogen-bond acceptors (Lipinski definition) is 5. The lowest BCUT2D eigenvalue weighted by Crippen LogP contribution is -2.40. The number of nitrogens with one attached hydrogen (secondary N) is 3. The monoisotopic (exact) mass is 533 g/mol. The summed E-state index contributed by atoms with van der Waals surface area (Å²) < 4.78 is 40.1. The molecule has 1 saturated carbocycles. The summed E-state index contributed by atoms with van der Waals surface area (Å²) in [5.41, 5.74) is 0.0807. The highest BCUT2D eigenvalue weighted by Crippen LogP contribution is 2.35. The average molecular weight is 534 g/mol. The molecular weight excluding hydrogens is 507 g/mol. The summed E-state index contributed by atoms with van der Waals surface area (Å²) in [5, 5.41) is 9.99. The highest BCUT2D eigenvalue weighted by Gasteiger charge is 2.34. The van der Waals surface area contributed by atoms with Crippen LogP contribution in [0.3, 0.4) is 0 Å². The standard InChI is InChI=1S/C26H27ClF3N5O2/c27-17-5-10-21-20(13-17)22(14-23(35-21)26(28,29)30)33-18-6-8-19(9-7-18)34-24(36)4-2-12-32-25(37)16-3-1-11-31-15-16/h1,3,5,10-11,13-15,18-19H,2,4,6-9,12H2,(H,32,37)(H,33,35)(H,34,36). The minimum Gasteiger partial charge on any atom is -0.382 e. The predicted octanol–water partition coefficient (Wildman–Crippen LogP) is 5.35. The number of hydrogen-bond donors (Lipinski definition) is 3. The Morgan fingerprint density at radius 1 is 1.05 bits per heavy atom. The molecule has 2 heterocycles. The molecule has 0 spiro atoms. The van der Waals surface area contributed by atoms with Gasteiger partial charge in [-0.05, 0) is 68.5 Å². The first-order valence-electron chi connectivity index (χ1n) is 12.1. The summed E-state index contributed by atoms with van der Waals surface area (Å²) in [6.07, 6.45) is 2.10. The molecule has 0 saturated heterocycles. The fourth-order valence-electron chi connectivity index (χ4n) is 4.41. The van der Waals surface area contributed by atoms with Crippen LogP contribution >= 0.6 is 11.6 Å². The average Bonchev–Trinajstić information content (AvgIpc) is 2.87. The van der Waals surface area contributed by atoms with E-state index < -0.39 is 11.9 Å². The second-order valence-corrected chi connectivity index (χ2v) is 9.51. The number of amides is 2. The van der Waals surface area contributed by atoms with Crippen molar-refractivity contribution in [2.75, 3.05) is 11.9 Å². The van der Waals surface area contributed by atoms with Gasteiger partial charge in [-0.1, -0.05) is 11.6 Å². The Labute approximate surface area is 217 Å². The van der Waals surface area contributed by atoms with Crippen molar-refractivity contribution in [2.24, 2.45) is 0 Å². The number of aromatic nitrogens is 2. The molecule has 7 nitrogen and oxygen atoms in total. The van der Waals surface area contributed by atoms with Crippen molar-refractivity contribution in [1.29, 1.82) is 0 Å². The zero-order chi connectivity index (χ0) is 26.4. The van der Waals surface area contributed by atoms with Crippen molar-refractivity contribution in [3.63, 3.8) is 0 Å². The first kappa shape index (κ1) is 26.7. The van der Waals surface area contributed by atoms with E-state index in [1.54, 1.807) is 24.4 Å². The van der Waals surface area contributed by atoms with Crippen molar-refractivity contribution in [3.05, 3.63) is 65.1 Å². The number of pyridine rings is 2. The third-order valence-corrected chi connectivity index (χ3v) is 6.54. The van der Waals surface area contributed by atoms with E-state index in [-0.39, 0.29) is 35.8 Å².